The number of rotatable bonds is 1. The van der Waals surface area contributed by atoms with E-state index in [0.717, 1.165) is 31.5 Å². The summed E-state index contributed by atoms with van der Waals surface area (Å²) in [5, 5.41) is 0. The van der Waals surface area contributed by atoms with Crippen LogP contribution in [0.2, 0.25) is 0 Å². The number of benzene rings is 1. The van der Waals surface area contributed by atoms with E-state index in [1.54, 1.807) is 0 Å². The van der Waals surface area contributed by atoms with Gasteiger partial charge in [-0.05, 0) is 49.1 Å². The van der Waals surface area contributed by atoms with Gasteiger partial charge >= 0.3 is 0 Å². The second-order valence-corrected chi connectivity index (χ2v) is 6.11. The summed E-state index contributed by atoms with van der Waals surface area (Å²) in [7, 11) is 0. The maximum absolute atomic E-state index is 12.8. The van der Waals surface area contributed by atoms with Crippen LogP contribution in [0.3, 0.4) is 0 Å². The summed E-state index contributed by atoms with van der Waals surface area (Å²) in [5.41, 5.74) is 2.49. The minimum Gasteiger partial charge on any atom is -0.312 e. The molecule has 4 rings (SSSR count). The van der Waals surface area contributed by atoms with Crippen molar-refractivity contribution in [1.29, 1.82) is 0 Å². The zero-order valence-electron chi connectivity index (χ0n) is 11.1. The molecule has 3 atom stereocenters. The molecule has 0 N–H and O–H groups in total. The monoisotopic (exact) mass is 253 g/mol. The van der Waals surface area contributed by atoms with E-state index in [0.29, 0.717) is 17.7 Å². The van der Waals surface area contributed by atoms with Crippen molar-refractivity contribution in [3.05, 3.63) is 42.0 Å². The fraction of sp³-hybridized carbons (Fsp3) is 0.471. The lowest BCUT2D eigenvalue weighted by Gasteiger charge is -2.33. The van der Waals surface area contributed by atoms with Gasteiger partial charge in [-0.15, -0.1) is 0 Å². The summed E-state index contributed by atoms with van der Waals surface area (Å²) >= 11 is 0. The number of amides is 1. The molecule has 2 heteroatoms. The molecule has 0 unspecified atom stereocenters. The number of hydrogen-bond donors (Lipinski definition) is 0. The van der Waals surface area contributed by atoms with Crippen molar-refractivity contribution < 1.29 is 4.79 Å². The molecule has 3 aliphatic rings. The zero-order valence-corrected chi connectivity index (χ0v) is 11.1. The third-order valence-corrected chi connectivity index (χ3v) is 4.97. The Bertz CT molecular complexity index is 548. The van der Waals surface area contributed by atoms with Crippen LogP contribution in [0.4, 0.5) is 5.69 Å². The first-order valence-corrected chi connectivity index (χ1v) is 7.40. The molecule has 2 aliphatic carbocycles. The van der Waals surface area contributed by atoms with Gasteiger partial charge in [0.15, 0.2) is 0 Å². The number of carbonyl (C=O) groups is 1. The van der Waals surface area contributed by atoms with Crippen LogP contribution in [0.15, 0.2) is 36.4 Å². The van der Waals surface area contributed by atoms with Crippen molar-refractivity contribution in [2.45, 2.75) is 25.7 Å². The van der Waals surface area contributed by atoms with Crippen LogP contribution in [0.1, 0.15) is 24.8 Å². The number of para-hydroxylation sites is 1. The molecule has 0 radical (unpaired) electrons. The molecule has 1 aromatic carbocycles. The van der Waals surface area contributed by atoms with E-state index in [2.05, 4.69) is 35.3 Å². The lowest BCUT2D eigenvalue weighted by Crippen LogP contribution is -2.40. The number of anilines is 1. The molecule has 19 heavy (non-hydrogen) atoms. The van der Waals surface area contributed by atoms with Crippen molar-refractivity contribution in [2.75, 3.05) is 11.4 Å². The van der Waals surface area contributed by atoms with Gasteiger partial charge in [0, 0.05) is 18.2 Å². The highest BCUT2D eigenvalue weighted by molar-refractivity contribution is 5.96. The summed E-state index contributed by atoms with van der Waals surface area (Å²) in [4.78, 5) is 14.9. The Kier molecular flexibility index (Phi) is 2.51. The average molecular weight is 253 g/mol. The predicted molar refractivity (Wildman–Crippen MR) is 76.0 cm³/mol. The van der Waals surface area contributed by atoms with E-state index in [4.69, 9.17) is 0 Å². The quantitative estimate of drug-likeness (QED) is 0.704. The fourth-order valence-corrected chi connectivity index (χ4v) is 4.03. The molecule has 0 spiro atoms. The van der Waals surface area contributed by atoms with Gasteiger partial charge in [0.2, 0.25) is 5.91 Å². The first-order valence-electron chi connectivity index (χ1n) is 7.40. The maximum Gasteiger partial charge on any atom is 0.230 e. The van der Waals surface area contributed by atoms with Gasteiger partial charge in [0.25, 0.3) is 0 Å². The number of aryl methyl sites for hydroxylation is 1. The minimum atomic E-state index is 0.237. The number of fused-ring (bicyclic) bond motifs is 3. The van der Waals surface area contributed by atoms with Crippen molar-refractivity contribution in [3.8, 4) is 0 Å². The van der Waals surface area contributed by atoms with Crippen LogP contribution in [0.25, 0.3) is 0 Å². The molecule has 1 aliphatic heterocycles. The molecular weight excluding hydrogens is 234 g/mol. The van der Waals surface area contributed by atoms with Crippen LogP contribution in [-0.2, 0) is 11.2 Å². The summed E-state index contributed by atoms with van der Waals surface area (Å²) in [6.45, 7) is 0.896. The van der Waals surface area contributed by atoms with Crippen molar-refractivity contribution >= 4 is 11.6 Å². The smallest absolute Gasteiger partial charge is 0.230 e. The van der Waals surface area contributed by atoms with Gasteiger partial charge < -0.3 is 4.90 Å². The van der Waals surface area contributed by atoms with Crippen molar-refractivity contribution in [2.24, 2.45) is 17.8 Å². The molecule has 1 fully saturated rings. The highest BCUT2D eigenvalue weighted by Crippen LogP contribution is 2.45. The lowest BCUT2D eigenvalue weighted by atomic mass is 9.90. The van der Waals surface area contributed by atoms with Crippen LogP contribution >= 0.6 is 0 Å². The van der Waals surface area contributed by atoms with E-state index < -0.39 is 0 Å². The minimum absolute atomic E-state index is 0.237. The molecule has 1 aromatic rings. The fourth-order valence-electron chi connectivity index (χ4n) is 4.03. The van der Waals surface area contributed by atoms with E-state index in [1.165, 1.54) is 12.0 Å². The van der Waals surface area contributed by atoms with Crippen LogP contribution in [-0.4, -0.2) is 12.5 Å². The van der Waals surface area contributed by atoms with Crippen molar-refractivity contribution in [3.63, 3.8) is 0 Å². The maximum atomic E-state index is 12.8. The zero-order chi connectivity index (χ0) is 12.8. The second-order valence-electron chi connectivity index (χ2n) is 6.11. The third-order valence-electron chi connectivity index (χ3n) is 4.97. The Morgan fingerprint density at radius 2 is 2.05 bits per heavy atom. The van der Waals surface area contributed by atoms with Crippen LogP contribution < -0.4 is 4.90 Å². The SMILES string of the molecule is O=C([C@@H]1C[C@H]2C=C[C@H]1C2)N1CCCc2ccccc21. The van der Waals surface area contributed by atoms with Crippen molar-refractivity contribution in [1.82, 2.24) is 0 Å². The summed E-state index contributed by atoms with van der Waals surface area (Å²) in [6, 6.07) is 8.39. The molecule has 2 bridgehead atoms. The highest BCUT2D eigenvalue weighted by atomic mass is 16.2. The largest absolute Gasteiger partial charge is 0.312 e. The molecule has 2 nitrogen and oxygen atoms in total. The molecule has 1 amide bonds. The Morgan fingerprint density at radius 3 is 2.84 bits per heavy atom. The third kappa shape index (κ3) is 1.73. The molecule has 1 saturated carbocycles. The number of hydrogen-bond acceptors (Lipinski definition) is 1. The first-order chi connectivity index (χ1) is 9.33. The summed E-state index contributed by atoms with van der Waals surface area (Å²) in [6.07, 6.45) is 9.05. The van der Waals surface area contributed by atoms with Gasteiger partial charge in [-0.1, -0.05) is 30.4 Å². The van der Waals surface area contributed by atoms with Gasteiger partial charge in [-0.25, -0.2) is 0 Å². The summed E-state index contributed by atoms with van der Waals surface area (Å²) in [5.74, 6) is 1.77. The van der Waals surface area contributed by atoms with Gasteiger partial charge in [0.1, 0.15) is 0 Å². The standard InChI is InChI=1S/C17H19NO/c19-17(15-11-12-7-8-14(15)10-12)18-9-3-5-13-4-1-2-6-16(13)18/h1-2,4,6-8,12,14-15H,3,5,9-11H2/t12-,14-,15+/m0/s1. The Hall–Kier alpha value is -1.57. The lowest BCUT2D eigenvalue weighted by molar-refractivity contribution is -0.123. The summed E-state index contributed by atoms with van der Waals surface area (Å²) < 4.78 is 0. The number of nitrogens with zero attached hydrogens (tertiary/aromatic N) is 1. The van der Waals surface area contributed by atoms with Crippen LogP contribution in [0, 0.1) is 17.8 Å². The van der Waals surface area contributed by atoms with Gasteiger partial charge in [-0.3, -0.25) is 4.79 Å². The Balaban J connectivity index is 1.63. The van der Waals surface area contributed by atoms with E-state index in [-0.39, 0.29) is 5.92 Å². The second kappa shape index (κ2) is 4.22. The number of allylic oxidation sites excluding steroid dienone is 2. The molecule has 98 valence electrons. The molecule has 0 saturated heterocycles. The van der Waals surface area contributed by atoms with Crippen LogP contribution in [0.5, 0.6) is 0 Å². The molecule has 0 aromatic heterocycles. The Morgan fingerprint density at radius 1 is 1.16 bits per heavy atom. The van der Waals surface area contributed by atoms with E-state index >= 15 is 0 Å². The van der Waals surface area contributed by atoms with Gasteiger partial charge in [0.05, 0.1) is 0 Å². The first kappa shape index (κ1) is 11.3. The predicted octanol–water partition coefficient (Wildman–Crippen LogP) is 3.18. The number of carbonyl (C=O) groups excluding carboxylic acids is 1. The normalized spacial score (nSPS) is 31.6. The Labute approximate surface area is 114 Å². The van der Waals surface area contributed by atoms with Gasteiger partial charge in [-0.2, -0.15) is 0 Å². The van der Waals surface area contributed by atoms with E-state index in [9.17, 15) is 4.79 Å². The molecular formula is C17H19NO. The molecule has 1 heterocycles. The average Bonchev–Trinajstić information content (AvgIpc) is 3.08. The van der Waals surface area contributed by atoms with E-state index in [1.807, 2.05) is 6.07 Å². The topological polar surface area (TPSA) is 20.3 Å². The highest BCUT2D eigenvalue weighted by Gasteiger charge is 2.42.